The van der Waals surface area contributed by atoms with E-state index in [1.54, 1.807) is 11.8 Å². The Morgan fingerprint density at radius 1 is 1.31 bits per heavy atom. The number of amides is 1. The first-order valence-corrected chi connectivity index (χ1v) is 9.05. The number of hydrogen-bond acceptors (Lipinski definition) is 4. The van der Waals surface area contributed by atoms with Gasteiger partial charge in [-0.2, -0.15) is 0 Å². The number of carbonyl (C=O) groups is 2. The Balaban J connectivity index is 1.98. The minimum atomic E-state index is -1.15. The highest BCUT2D eigenvalue weighted by Gasteiger charge is 2.62. The SMILES string of the molecule is CC(C)(C)OC(=O)N1CCC2(Cc3ccccc3C(N)C2(C)C(=O)O)C1. The number of rotatable bonds is 1. The lowest BCUT2D eigenvalue weighted by Gasteiger charge is -2.51. The number of carbonyl (C=O) groups excluding carboxylic acids is 1. The number of aliphatic carboxylic acids is 1. The fraction of sp³-hybridized carbons (Fsp3) is 0.600. The highest BCUT2D eigenvalue weighted by Crippen LogP contribution is 2.58. The average molecular weight is 360 g/mol. The first kappa shape index (κ1) is 18.7. The topological polar surface area (TPSA) is 92.9 Å². The van der Waals surface area contributed by atoms with Crippen molar-refractivity contribution in [2.24, 2.45) is 16.6 Å². The lowest BCUT2D eigenvalue weighted by molar-refractivity contribution is -0.160. The van der Waals surface area contributed by atoms with Crippen molar-refractivity contribution >= 4 is 12.1 Å². The van der Waals surface area contributed by atoms with Gasteiger partial charge in [-0.05, 0) is 51.7 Å². The van der Waals surface area contributed by atoms with Crippen LogP contribution in [0.1, 0.15) is 51.3 Å². The van der Waals surface area contributed by atoms with E-state index in [1.807, 2.05) is 45.0 Å². The number of likely N-dealkylation sites (tertiary alicyclic amines) is 1. The van der Waals surface area contributed by atoms with Crippen molar-refractivity contribution in [2.75, 3.05) is 13.1 Å². The molecule has 1 fully saturated rings. The fourth-order valence-corrected chi connectivity index (χ4v) is 4.47. The number of nitrogens with zero attached hydrogens (tertiary/aromatic N) is 1. The predicted octanol–water partition coefficient (Wildman–Crippen LogP) is 2.96. The Morgan fingerprint density at radius 3 is 2.58 bits per heavy atom. The Hall–Kier alpha value is -2.08. The molecule has 3 unspecified atom stereocenters. The Bertz CT molecular complexity index is 742. The molecule has 0 saturated carbocycles. The van der Waals surface area contributed by atoms with E-state index in [-0.39, 0.29) is 0 Å². The molecule has 0 radical (unpaired) electrons. The zero-order chi connectivity index (χ0) is 19.3. The molecule has 3 atom stereocenters. The van der Waals surface area contributed by atoms with Crippen LogP contribution in [-0.4, -0.2) is 40.8 Å². The van der Waals surface area contributed by atoms with Crippen molar-refractivity contribution in [1.82, 2.24) is 4.90 Å². The zero-order valence-corrected chi connectivity index (χ0v) is 15.9. The summed E-state index contributed by atoms with van der Waals surface area (Å²) in [7, 11) is 0. The standard InChI is InChI=1S/C20H28N2O4/c1-18(2,3)26-17(25)22-10-9-20(12-22)11-13-7-5-6-8-14(13)15(21)19(20,4)16(23)24/h5-8,15H,9-12,21H2,1-4H3,(H,23,24). The molecule has 1 spiro atoms. The lowest BCUT2D eigenvalue weighted by Crippen LogP contribution is -2.57. The number of hydrogen-bond donors (Lipinski definition) is 2. The number of nitrogens with two attached hydrogens (primary N) is 1. The molecule has 0 aromatic heterocycles. The van der Waals surface area contributed by atoms with Crippen LogP contribution < -0.4 is 5.73 Å². The van der Waals surface area contributed by atoms with Crippen molar-refractivity contribution in [1.29, 1.82) is 0 Å². The van der Waals surface area contributed by atoms with Gasteiger partial charge in [-0.1, -0.05) is 24.3 Å². The van der Waals surface area contributed by atoms with Gasteiger partial charge in [0.2, 0.25) is 0 Å². The van der Waals surface area contributed by atoms with Gasteiger partial charge in [0.1, 0.15) is 5.60 Å². The first-order chi connectivity index (χ1) is 12.0. The molecule has 1 aromatic rings. The van der Waals surface area contributed by atoms with Crippen molar-refractivity contribution in [3.05, 3.63) is 35.4 Å². The summed E-state index contributed by atoms with van der Waals surface area (Å²) in [4.78, 5) is 26.5. The molecule has 2 aliphatic rings. The lowest BCUT2D eigenvalue weighted by atomic mass is 9.53. The maximum absolute atomic E-state index is 12.5. The van der Waals surface area contributed by atoms with Crippen molar-refractivity contribution < 1.29 is 19.4 Å². The summed E-state index contributed by atoms with van der Waals surface area (Å²) in [6.07, 6.45) is 0.797. The van der Waals surface area contributed by atoms with Gasteiger partial charge in [-0.25, -0.2) is 4.79 Å². The van der Waals surface area contributed by atoms with Crippen LogP contribution >= 0.6 is 0 Å². The van der Waals surface area contributed by atoms with E-state index in [2.05, 4.69) is 0 Å². The molecule has 3 rings (SSSR count). The molecule has 0 bridgehead atoms. The van der Waals surface area contributed by atoms with Crippen LogP contribution in [0.2, 0.25) is 0 Å². The summed E-state index contributed by atoms with van der Waals surface area (Å²) in [5.74, 6) is -0.912. The average Bonchev–Trinajstić information content (AvgIpc) is 2.96. The van der Waals surface area contributed by atoms with E-state index >= 15 is 0 Å². The van der Waals surface area contributed by atoms with Crippen LogP contribution in [0.25, 0.3) is 0 Å². The third kappa shape index (κ3) is 2.76. The first-order valence-electron chi connectivity index (χ1n) is 9.05. The highest BCUT2D eigenvalue weighted by atomic mass is 16.6. The second-order valence-corrected chi connectivity index (χ2v) is 8.79. The molecule has 3 N–H and O–H groups in total. The van der Waals surface area contributed by atoms with E-state index in [4.69, 9.17) is 10.5 Å². The van der Waals surface area contributed by atoms with Crippen LogP contribution in [0.3, 0.4) is 0 Å². The molecule has 142 valence electrons. The number of fused-ring (bicyclic) bond motifs is 1. The molecular weight excluding hydrogens is 332 g/mol. The molecule has 1 saturated heterocycles. The highest BCUT2D eigenvalue weighted by molar-refractivity contribution is 5.78. The van der Waals surface area contributed by atoms with E-state index in [9.17, 15) is 14.7 Å². The van der Waals surface area contributed by atoms with Crippen molar-refractivity contribution in [3.63, 3.8) is 0 Å². The van der Waals surface area contributed by atoms with Gasteiger partial charge >= 0.3 is 12.1 Å². The molecule has 1 aliphatic carbocycles. The summed E-state index contributed by atoms with van der Waals surface area (Å²) in [6.45, 7) is 8.02. The molecule has 1 amide bonds. The third-order valence-corrected chi connectivity index (χ3v) is 6.09. The third-order valence-electron chi connectivity index (χ3n) is 6.09. The van der Waals surface area contributed by atoms with Crippen molar-refractivity contribution in [2.45, 2.75) is 52.2 Å². The number of benzene rings is 1. The molecule has 1 aromatic carbocycles. The summed E-state index contributed by atoms with van der Waals surface area (Å²) in [6, 6.07) is 7.14. The second-order valence-electron chi connectivity index (χ2n) is 8.79. The van der Waals surface area contributed by atoms with Gasteiger partial charge in [0.15, 0.2) is 0 Å². The molecule has 6 nitrogen and oxygen atoms in total. The van der Waals surface area contributed by atoms with E-state index in [1.165, 1.54) is 0 Å². The van der Waals surface area contributed by atoms with Crippen LogP contribution in [-0.2, 0) is 16.0 Å². The van der Waals surface area contributed by atoms with E-state index < -0.39 is 34.5 Å². The summed E-state index contributed by atoms with van der Waals surface area (Å²) >= 11 is 0. The molecule has 1 aliphatic heterocycles. The molecule has 6 heteroatoms. The van der Waals surface area contributed by atoms with Gasteiger partial charge in [0, 0.05) is 24.5 Å². The van der Waals surface area contributed by atoms with Gasteiger partial charge in [-0.3, -0.25) is 4.79 Å². The predicted molar refractivity (Wildman–Crippen MR) is 97.7 cm³/mol. The van der Waals surface area contributed by atoms with Crippen LogP contribution in [0, 0.1) is 10.8 Å². The number of carboxylic acid groups (broad SMARTS) is 1. The molecule has 1 heterocycles. The second kappa shape index (κ2) is 5.98. The molecule has 26 heavy (non-hydrogen) atoms. The molecular formula is C20H28N2O4. The largest absolute Gasteiger partial charge is 0.481 e. The number of ether oxygens (including phenoxy) is 1. The van der Waals surface area contributed by atoms with Crippen LogP contribution in [0.15, 0.2) is 24.3 Å². The van der Waals surface area contributed by atoms with E-state index in [0.717, 1.165) is 11.1 Å². The smallest absolute Gasteiger partial charge is 0.410 e. The fourth-order valence-electron chi connectivity index (χ4n) is 4.47. The van der Waals surface area contributed by atoms with Gasteiger partial charge in [0.25, 0.3) is 0 Å². The van der Waals surface area contributed by atoms with Crippen molar-refractivity contribution in [3.8, 4) is 0 Å². The Morgan fingerprint density at radius 2 is 1.96 bits per heavy atom. The number of carboxylic acids is 1. The van der Waals surface area contributed by atoms with Crippen LogP contribution in [0.5, 0.6) is 0 Å². The normalized spacial score (nSPS) is 31.0. The van der Waals surface area contributed by atoms with Gasteiger partial charge in [-0.15, -0.1) is 0 Å². The summed E-state index contributed by atoms with van der Waals surface area (Å²) in [5, 5.41) is 10.1. The maximum Gasteiger partial charge on any atom is 0.410 e. The van der Waals surface area contributed by atoms with Gasteiger partial charge < -0.3 is 20.5 Å². The summed E-state index contributed by atoms with van der Waals surface area (Å²) in [5.41, 5.74) is 6.10. The van der Waals surface area contributed by atoms with Gasteiger partial charge in [0.05, 0.1) is 5.41 Å². The summed E-state index contributed by atoms with van der Waals surface area (Å²) < 4.78 is 5.49. The maximum atomic E-state index is 12.5. The Labute approximate surface area is 154 Å². The van der Waals surface area contributed by atoms with E-state index in [0.29, 0.717) is 25.9 Å². The zero-order valence-electron chi connectivity index (χ0n) is 15.9. The Kier molecular flexibility index (Phi) is 4.30. The minimum Gasteiger partial charge on any atom is -0.481 e. The quantitative estimate of drug-likeness (QED) is 0.803. The monoisotopic (exact) mass is 360 g/mol. The van der Waals surface area contributed by atoms with Crippen LogP contribution in [0.4, 0.5) is 4.79 Å². The minimum absolute atomic E-state index is 0.340.